The molecule has 1 aliphatic rings. The van der Waals surface area contributed by atoms with Gasteiger partial charge in [-0.3, -0.25) is 4.79 Å². The Kier molecular flexibility index (Phi) is 4.42. The van der Waals surface area contributed by atoms with E-state index in [4.69, 9.17) is 23.2 Å². The third-order valence-corrected chi connectivity index (χ3v) is 4.66. The number of hydrogen-bond acceptors (Lipinski definition) is 1. The van der Waals surface area contributed by atoms with E-state index >= 15 is 0 Å². The van der Waals surface area contributed by atoms with Gasteiger partial charge in [0.1, 0.15) is 5.82 Å². The van der Waals surface area contributed by atoms with Crippen molar-refractivity contribution in [2.45, 2.75) is 13.3 Å². The molecule has 23 heavy (non-hydrogen) atoms. The number of hydrogen-bond donors (Lipinski definition) is 0. The molecule has 0 atom stereocenters. The summed E-state index contributed by atoms with van der Waals surface area (Å²) in [6.07, 6.45) is 0.718. The second kappa shape index (κ2) is 6.34. The molecule has 0 saturated heterocycles. The van der Waals surface area contributed by atoms with Crippen molar-refractivity contribution in [2.24, 2.45) is 0 Å². The van der Waals surface area contributed by atoms with Crippen molar-refractivity contribution in [3.05, 3.63) is 69.5 Å². The predicted octanol–water partition coefficient (Wildman–Crippen LogP) is 5.34. The van der Waals surface area contributed by atoms with Gasteiger partial charge >= 0.3 is 0 Å². The van der Waals surface area contributed by atoms with E-state index in [0.29, 0.717) is 33.4 Å². The molecule has 0 fully saturated rings. The molecule has 0 radical (unpaired) electrons. The van der Waals surface area contributed by atoms with Crippen molar-refractivity contribution < 1.29 is 9.18 Å². The Morgan fingerprint density at radius 2 is 1.91 bits per heavy atom. The Bertz CT molecular complexity index is 816. The highest BCUT2D eigenvalue weighted by molar-refractivity contribution is 6.42. The molecule has 1 amide bonds. The summed E-state index contributed by atoms with van der Waals surface area (Å²) in [5, 5.41) is 0.838. The van der Waals surface area contributed by atoms with Crippen LogP contribution in [0.3, 0.4) is 0 Å². The minimum absolute atomic E-state index is 0.147. The average molecular weight is 350 g/mol. The minimum Gasteiger partial charge on any atom is -0.304 e. The van der Waals surface area contributed by atoms with Crippen molar-refractivity contribution in [3.63, 3.8) is 0 Å². The highest BCUT2D eigenvalue weighted by atomic mass is 35.5. The summed E-state index contributed by atoms with van der Waals surface area (Å²) < 4.78 is 13.5. The fourth-order valence-electron chi connectivity index (χ4n) is 2.75. The highest BCUT2D eigenvalue weighted by Gasteiger charge is 2.31. The van der Waals surface area contributed by atoms with Crippen molar-refractivity contribution in [1.82, 2.24) is 0 Å². The minimum atomic E-state index is -0.355. The van der Waals surface area contributed by atoms with Crippen LogP contribution in [-0.2, 0) is 4.79 Å². The molecule has 3 rings (SSSR count). The normalized spacial score (nSPS) is 14.8. The van der Waals surface area contributed by atoms with Gasteiger partial charge in [0.2, 0.25) is 0 Å². The topological polar surface area (TPSA) is 20.3 Å². The second-order valence-corrected chi connectivity index (χ2v) is 6.15. The molecule has 0 saturated carbocycles. The summed E-state index contributed by atoms with van der Waals surface area (Å²) in [5.41, 5.74) is 2.83. The largest absolute Gasteiger partial charge is 0.304 e. The van der Waals surface area contributed by atoms with Crippen molar-refractivity contribution in [2.75, 3.05) is 11.4 Å². The smallest absolute Gasteiger partial charge is 0.259 e. The lowest BCUT2D eigenvalue weighted by molar-refractivity contribution is -0.112. The molecular weight excluding hydrogens is 336 g/mol. The molecule has 2 aromatic rings. The molecule has 0 aliphatic carbocycles. The molecule has 5 heteroatoms. The maximum atomic E-state index is 13.5. The van der Waals surface area contributed by atoms with E-state index in [1.54, 1.807) is 35.2 Å². The number of anilines is 1. The molecule has 2 nitrogen and oxygen atoms in total. The molecular formula is C18H14Cl2FNO. The van der Waals surface area contributed by atoms with Crippen LogP contribution in [0.15, 0.2) is 48.0 Å². The fraction of sp³-hybridized carbons (Fsp3) is 0.167. The Labute approximate surface area is 144 Å². The van der Waals surface area contributed by atoms with Crippen LogP contribution in [0.2, 0.25) is 10.0 Å². The van der Waals surface area contributed by atoms with Gasteiger partial charge in [-0.15, -0.1) is 0 Å². The summed E-state index contributed by atoms with van der Waals surface area (Å²) in [6, 6.07) is 11.2. The molecule has 0 N–H and O–H groups in total. The summed E-state index contributed by atoms with van der Waals surface area (Å²) in [4.78, 5) is 14.5. The van der Waals surface area contributed by atoms with Crippen LogP contribution in [0.4, 0.5) is 10.1 Å². The molecule has 1 aliphatic heterocycles. The van der Waals surface area contributed by atoms with Gasteiger partial charge in [0, 0.05) is 17.8 Å². The van der Waals surface area contributed by atoms with Gasteiger partial charge in [-0.2, -0.15) is 0 Å². The maximum Gasteiger partial charge on any atom is 0.259 e. The first kappa shape index (κ1) is 16.0. The van der Waals surface area contributed by atoms with Crippen LogP contribution in [0.5, 0.6) is 0 Å². The number of carbonyl (C=O) groups is 1. The first-order valence-electron chi connectivity index (χ1n) is 7.26. The number of benzene rings is 2. The monoisotopic (exact) mass is 349 g/mol. The summed E-state index contributed by atoms with van der Waals surface area (Å²) in [6.45, 7) is 2.46. The number of halogens is 3. The van der Waals surface area contributed by atoms with E-state index in [9.17, 15) is 9.18 Å². The van der Waals surface area contributed by atoms with Crippen molar-refractivity contribution in [3.8, 4) is 0 Å². The number of nitrogens with zero attached hydrogens (tertiary/aromatic N) is 1. The number of amides is 1. The lowest BCUT2D eigenvalue weighted by Gasteiger charge is -2.17. The van der Waals surface area contributed by atoms with Crippen LogP contribution in [0, 0.1) is 5.82 Å². The van der Waals surface area contributed by atoms with E-state index in [-0.39, 0.29) is 11.7 Å². The summed E-state index contributed by atoms with van der Waals surface area (Å²) in [5.74, 6) is -0.503. The lowest BCUT2D eigenvalue weighted by atomic mass is 10.0. The number of carbonyl (C=O) groups excluding carboxylic acids is 1. The van der Waals surface area contributed by atoms with Gasteiger partial charge in [0.25, 0.3) is 5.91 Å². The Balaban J connectivity index is 2.01. The zero-order valence-corrected chi connectivity index (χ0v) is 14.0. The predicted molar refractivity (Wildman–Crippen MR) is 92.4 cm³/mol. The van der Waals surface area contributed by atoms with Gasteiger partial charge in [-0.1, -0.05) is 42.3 Å². The van der Waals surface area contributed by atoms with Crippen LogP contribution < -0.4 is 4.90 Å². The van der Waals surface area contributed by atoms with E-state index < -0.39 is 0 Å². The Morgan fingerprint density at radius 3 is 2.57 bits per heavy atom. The van der Waals surface area contributed by atoms with E-state index in [2.05, 4.69) is 0 Å². The maximum absolute atomic E-state index is 13.5. The molecule has 2 aromatic carbocycles. The van der Waals surface area contributed by atoms with Crippen molar-refractivity contribution >= 4 is 40.4 Å². The zero-order chi connectivity index (χ0) is 16.6. The SMILES string of the molecule is CCC1=C(c2cccc(F)c2)C(=O)N(c2ccc(Cl)c(Cl)c2)C1. The lowest BCUT2D eigenvalue weighted by Crippen LogP contribution is -2.26. The van der Waals surface area contributed by atoms with Crippen LogP contribution in [0.25, 0.3) is 5.57 Å². The summed E-state index contributed by atoms with van der Waals surface area (Å²) in [7, 11) is 0. The summed E-state index contributed by atoms with van der Waals surface area (Å²) >= 11 is 12.0. The first-order chi connectivity index (χ1) is 11.0. The zero-order valence-electron chi connectivity index (χ0n) is 12.4. The highest BCUT2D eigenvalue weighted by Crippen LogP contribution is 2.35. The third kappa shape index (κ3) is 2.99. The van der Waals surface area contributed by atoms with E-state index in [1.165, 1.54) is 12.1 Å². The van der Waals surface area contributed by atoms with Gasteiger partial charge in [-0.05, 0) is 47.9 Å². The fourth-order valence-corrected chi connectivity index (χ4v) is 3.04. The first-order valence-corrected chi connectivity index (χ1v) is 8.01. The van der Waals surface area contributed by atoms with Gasteiger partial charge in [-0.25, -0.2) is 4.39 Å². The Hall–Kier alpha value is -1.84. The molecule has 0 aromatic heterocycles. The van der Waals surface area contributed by atoms with Crippen LogP contribution in [0.1, 0.15) is 18.9 Å². The molecule has 118 valence electrons. The molecule has 0 bridgehead atoms. The van der Waals surface area contributed by atoms with Crippen LogP contribution >= 0.6 is 23.2 Å². The van der Waals surface area contributed by atoms with Crippen LogP contribution in [-0.4, -0.2) is 12.5 Å². The standard InChI is InChI=1S/C18H14Cl2FNO/c1-2-11-10-22(14-6-7-15(19)16(20)9-14)18(23)17(11)12-4-3-5-13(21)8-12/h3-9H,2,10H2,1H3. The quantitative estimate of drug-likeness (QED) is 0.731. The average Bonchev–Trinajstić information content (AvgIpc) is 2.87. The Morgan fingerprint density at radius 1 is 1.13 bits per heavy atom. The van der Waals surface area contributed by atoms with Gasteiger partial charge < -0.3 is 4.90 Å². The molecule has 0 unspecified atom stereocenters. The van der Waals surface area contributed by atoms with E-state index in [0.717, 1.165) is 12.0 Å². The molecule has 0 spiro atoms. The van der Waals surface area contributed by atoms with Gasteiger partial charge in [0.15, 0.2) is 0 Å². The number of rotatable bonds is 3. The second-order valence-electron chi connectivity index (χ2n) is 5.33. The van der Waals surface area contributed by atoms with Crippen molar-refractivity contribution in [1.29, 1.82) is 0 Å². The third-order valence-electron chi connectivity index (χ3n) is 3.92. The molecule has 1 heterocycles. The van der Waals surface area contributed by atoms with Gasteiger partial charge in [0.05, 0.1) is 10.0 Å². The van der Waals surface area contributed by atoms with E-state index in [1.807, 2.05) is 6.92 Å².